The van der Waals surface area contributed by atoms with E-state index in [0.717, 1.165) is 0 Å². The largest absolute Gasteiger partial charge is 0.511 e. The molecule has 23 heavy (non-hydrogen) atoms. The van der Waals surface area contributed by atoms with Gasteiger partial charge in [0, 0.05) is 31.8 Å². The summed E-state index contributed by atoms with van der Waals surface area (Å²) in [6.07, 6.45) is 3.74. The summed E-state index contributed by atoms with van der Waals surface area (Å²) in [6.45, 7) is 0.0262. The van der Waals surface area contributed by atoms with Gasteiger partial charge in [0.25, 0.3) is 0 Å². The van der Waals surface area contributed by atoms with Crippen LogP contribution in [0.15, 0.2) is 24.5 Å². The first-order valence-electron chi connectivity index (χ1n) is 6.98. The van der Waals surface area contributed by atoms with Crippen molar-refractivity contribution in [3.05, 3.63) is 24.5 Å². The van der Waals surface area contributed by atoms with Crippen LogP contribution in [0.3, 0.4) is 0 Å². The van der Waals surface area contributed by atoms with Gasteiger partial charge < -0.3 is 9.47 Å². The maximum atomic E-state index is 12.5. The lowest BCUT2D eigenvalue weighted by atomic mass is 9.83. The van der Waals surface area contributed by atoms with Crippen LogP contribution in [0.2, 0.25) is 0 Å². The van der Waals surface area contributed by atoms with Crippen LogP contribution < -0.4 is 4.74 Å². The quantitative estimate of drug-likeness (QED) is 0.819. The summed E-state index contributed by atoms with van der Waals surface area (Å²) >= 11 is 0. The van der Waals surface area contributed by atoms with Crippen LogP contribution in [0, 0.1) is 5.92 Å². The highest BCUT2D eigenvalue weighted by Gasteiger charge is 2.62. The van der Waals surface area contributed by atoms with Gasteiger partial charge in [-0.15, -0.1) is 0 Å². The summed E-state index contributed by atoms with van der Waals surface area (Å²) < 4.78 is 71.9. The Balaban J connectivity index is 1.63. The molecule has 0 aliphatic carbocycles. The number of alkyl halides is 3. The molecule has 2 saturated heterocycles. The maximum Gasteiger partial charge on any atom is 0.511 e. The molecular weight excluding hydrogens is 337 g/mol. The lowest BCUT2D eigenvalue weighted by Gasteiger charge is -2.48. The van der Waals surface area contributed by atoms with Crippen molar-refractivity contribution < 1.29 is 31.1 Å². The van der Waals surface area contributed by atoms with Gasteiger partial charge in [0.05, 0.1) is 12.8 Å². The lowest BCUT2D eigenvalue weighted by molar-refractivity contribution is -0.117. The Morgan fingerprint density at radius 3 is 2.78 bits per heavy atom. The zero-order valence-corrected chi connectivity index (χ0v) is 12.8. The molecule has 2 aliphatic heterocycles. The van der Waals surface area contributed by atoms with Gasteiger partial charge in [0.2, 0.25) is 0 Å². The van der Waals surface area contributed by atoms with Gasteiger partial charge >= 0.3 is 15.5 Å². The van der Waals surface area contributed by atoms with Crippen molar-refractivity contribution in [1.29, 1.82) is 0 Å². The fourth-order valence-electron chi connectivity index (χ4n) is 2.87. The van der Waals surface area contributed by atoms with E-state index in [4.69, 9.17) is 9.47 Å². The first-order valence-corrected chi connectivity index (χ1v) is 8.42. The molecule has 6 nitrogen and oxygen atoms in total. The Labute approximate surface area is 131 Å². The smallest absolute Gasteiger partial charge is 0.492 e. The molecule has 2 aliphatic rings. The molecule has 10 heteroatoms. The van der Waals surface area contributed by atoms with Gasteiger partial charge in [-0.1, -0.05) is 0 Å². The fourth-order valence-corrected chi connectivity index (χ4v) is 3.94. The highest BCUT2D eigenvalue weighted by Crippen LogP contribution is 2.43. The Morgan fingerprint density at radius 2 is 2.17 bits per heavy atom. The zero-order chi connectivity index (χ0) is 16.7. The van der Waals surface area contributed by atoms with Crippen LogP contribution in [-0.2, 0) is 14.8 Å². The van der Waals surface area contributed by atoms with Crippen molar-refractivity contribution in [3.8, 4) is 5.75 Å². The molecule has 0 unspecified atom stereocenters. The van der Waals surface area contributed by atoms with Crippen molar-refractivity contribution in [2.24, 2.45) is 5.92 Å². The van der Waals surface area contributed by atoms with Crippen LogP contribution in [0.1, 0.15) is 6.42 Å². The number of sulfonamides is 1. The third-order valence-corrected chi connectivity index (χ3v) is 5.73. The molecular formula is C13H15F3N2O4S. The molecule has 0 amide bonds. The Bertz CT molecular complexity index is 660. The van der Waals surface area contributed by atoms with E-state index in [1.165, 1.54) is 6.20 Å². The molecule has 0 saturated carbocycles. The predicted octanol–water partition coefficient (Wildman–Crippen LogP) is 1.40. The number of pyridine rings is 1. The van der Waals surface area contributed by atoms with Gasteiger partial charge in [-0.05, 0) is 18.6 Å². The Morgan fingerprint density at radius 1 is 1.43 bits per heavy atom. The van der Waals surface area contributed by atoms with Gasteiger partial charge in [0.15, 0.2) is 0 Å². The van der Waals surface area contributed by atoms with Gasteiger partial charge in [-0.2, -0.15) is 17.5 Å². The van der Waals surface area contributed by atoms with Crippen molar-refractivity contribution in [1.82, 2.24) is 9.29 Å². The molecule has 0 aromatic carbocycles. The number of ether oxygens (including phenoxy) is 2. The van der Waals surface area contributed by atoms with Crippen LogP contribution in [0.4, 0.5) is 13.2 Å². The standard InChI is InChI=1S/C13H15F3N2O4S/c14-13(15,16)23(19,20)18-8-12(9-18)10(3-5-22-12)7-21-11-2-1-4-17-6-11/h1-2,4,6,10H,3,5,7-9H2/t10-/m0/s1. The van der Waals surface area contributed by atoms with E-state index in [9.17, 15) is 21.6 Å². The van der Waals surface area contributed by atoms with E-state index >= 15 is 0 Å². The molecule has 2 fully saturated rings. The summed E-state index contributed by atoms with van der Waals surface area (Å²) in [5.41, 5.74) is -6.17. The third-order valence-electron chi connectivity index (χ3n) is 4.21. The predicted molar refractivity (Wildman–Crippen MR) is 73.1 cm³/mol. The first-order chi connectivity index (χ1) is 10.7. The normalized spacial score (nSPS) is 24.6. The van der Waals surface area contributed by atoms with Crippen molar-refractivity contribution in [2.75, 3.05) is 26.3 Å². The highest BCUT2D eigenvalue weighted by molar-refractivity contribution is 7.90. The second kappa shape index (κ2) is 5.60. The zero-order valence-electron chi connectivity index (χ0n) is 12.0. The minimum atomic E-state index is -5.29. The average molecular weight is 352 g/mol. The number of hydrogen-bond donors (Lipinski definition) is 0. The van der Waals surface area contributed by atoms with E-state index < -0.39 is 21.1 Å². The van der Waals surface area contributed by atoms with E-state index in [1.807, 2.05) is 0 Å². The molecule has 0 bridgehead atoms. The summed E-state index contributed by atoms with van der Waals surface area (Å²) in [5, 5.41) is 0. The van der Waals surface area contributed by atoms with E-state index in [2.05, 4.69) is 4.98 Å². The second-order valence-corrected chi connectivity index (χ2v) is 7.55. The minimum absolute atomic E-state index is 0.164. The summed E-state index contributed by atoms with van der Waals surface area (Å²) in [4.78, 5) is 3.90. The number of hydrogen-bond acceptors (Lipinski definition) is 5. The summed E-state index contributed by atoms with van der Waals surface area (Å²) in [6, 6.07) is 3.42. The van der Waals surface area contributed by atoms with Crippen molar-refractivity contribution in [2.45, 2.75) is 17.5 Å². The molecule has 3 heterocycles. The Kier molecular flexibility index (Phi) is 4.01. The summed E-state index contributed by atoms with van der Waals surface area (Å²) in [7, 11) is -5.29. The van der Waals surface area contributed by atoms with Crippen molar-refractivity contribution in [3.63, 3.8) is 0 Å². The number of nitrogens with zero attached hydrogens (tertiary/aromatic N) is 2. The molecule has 128 valence electrons. The molecule has 3 rings (SSSR count). The van der Waals surface area contributed by atoms with E-state index in [-0.39, 0.29) is 25.6 Å². The topological polar surface area (TPSA) is 68.7 Å². The molecule has 1 atom stereocenters. The van der Waals surface area contributed by atoms with Crippen molar-refractivity contribution >= 4 is 10.0 Å². The molecule has 0 radical (unpaired) electrons. The third kappa shape index (κ3) is 2.90. The highest BCUT2D eigenvalue weighted by atomic mass is 32.2. The van der Waals surface area contributed by atoms with Crippen LogP contribution in [0.25, 0.3) is 0 Å². The number of halogens is 3. The molecule has 1 aromatic heterocycles. The minimum Gasteiger partial charge on any atom is -0.492 e. The maximum absolute atomic E-state index is 12.5. The Hall–Kier alpha value is -1.39. The number of aromatic nitrogens is 1. The monoisotopic (exact) mass is 352 g/mol. The molecule has 1 spiro atoms. The second-order valence-electron chi connectivity index (χ2n) is 5.62. The van der Waals surface area contributed by atoms with Crippen LogP contribution in [-0.4, -0.2) is 55.1 Å². The SMILES string of the molecule is O=S(=O)(N1CC2(C1)OCC[C@H]2COc1cccnc1)C(F)(F)F. The molecule has 0 N–H and O–H groups in total. The number of rotatable bonds is 4. The van der Waals surface area contributed by atoms with Gasteiger partial charge in [0.1, 0.15) is 11.4 Å². The lowest BCUT2D eigenvalue weighted by Crippen LogP contribution is -2.68. The van der Waals surface area contributed by atoms with Gasteiger partial charge in [-0.25, -0.2) is 8.42 Å². The first kappa shape index (κ1) is 16.5. The van der Waals surface area contributed by atoms with Crippen LogP contribution in [0.5, 0.6) is 5.75 Å². The molecule has 1 aromatic rings. The average Bonchev–Trinajstić information content (AvgIpc) is 2.87. The van der Waals surface area contributed by atoms with E-state index in [1.54, 1.807) is 18.3 Å². The fraction of sp³-hybridized carbons (Fsp3) is 0.615. The van der Waals surface area contributed by atoms with Crippen LogP contribution >= 0.6 is 0 Å². The van der Waals surface area contributed by atoms with E-state index in [0.29, 0.717) is 23.1 Å². The van der Waals surface area contributed by atoms with Gasteiger partial charge in [-0.3, -0.25) is 4.98 Å². The summed E-state index contributed by atoms with van der Waals surface area (Å²) in [5.74, 6) is 0.385.